The molecule has 0 aliphatic heterocycles. The molecule has 2 nitrogen and oxygen atoms in total. The van der Waals surface area contributed by atoms with Crippen molar-refractivity contribution in [3.63, 3.8) is 0 Å². The highest BCUT2D eigenvalue weighted by Crippen LogP contribution is 2.27. The summed E-state index contributed by atoms with van der Waals surface area (Å²) in [6.45, 7) is -0.813. The van der Waals surface area contributed by atoms with Crippen LogP contribution >= 0.6 is 15.9 Å². The Morgan fingerprint density at radius 2 is 1.85 bits per heavy atom. The lowest BCUT2D eigenvalue weighted by molar-refractivity contribution is -0.0498. The molecule has 0 bridgehead atoms. The first-order chi connectivity index (χ1) is 9.56. The second kappa shape index (κ2) is 6.70. The van der Waals surface area contributed by atoms with Crippen molar-refractivity contribution in [2.24, 2.45) is 0 Å². The molecule has 0 heterocycles. The van der Waals surface area contributed by atoms with Crippen molar-refractivity contribution in [1.82, 2.24) is 0 Å². The van der Waals surface area contributed by atoms with E-state index in [0.29, 0.717) is 0 Å². The van der Waals surface area contributed by atoms with Gasteiger partial charge in [0.15, 0.2) is 0 Å². The number of alkyl halides is 2. The Morgan fingerprint density at radius 1 is 1.10 bits per heavy atom. The van der Waals surface area contributed by atoms with E-state index in [0.717, 1.165) is 15.7 Å². The van der Waals surface area contributed by atoms with Crippen molar-refractivity contribution in [3.05, 3.63) is 58.6 Å². The molecule has 0 amide bonds. The van der Waals surface area contributed by atoms with Crippen molar-refractivity contribution >= 4 is 21.6 Å². The van der Waals surface area contributed by atoms with Crippen LogP contribution in [0.4, 0.5) is 14.5 Å². The third kappa shape index (κ3) is 3.93. The van der Waals surface area contributed by atoms with E-state index in [1.54, 1.807) is 12.1 Å². The van der Waals surface area contributed by atoms with Gasteiger partial charge in [-0.2, -0.15) is 8.78 Å². The molecule has 0 radical (unpaired) electrons. The van der Waals surface area contributed by atoms with Crippen LogP contribution in [0.5, 0.6) is 5.75 Å². The van der Waals surface area contributed by atoms with Gasteiger partial charge in [-0.3, -0.25) is 0 Å². The second-order valence-electron chi connectivity index (χ2n) is 4.29. The molecule has 106 valence electrons. The molecule has 2 rings (SSSR count). The van der Waals surface area contributed by atoms with Gasteiger partial charge in [0, 0.05) is 22.3 Å². The minimum atomic E-state index is -2.81. The molecule has 0 aliphatic carbocycles. The van der Waals surface area contributed by atoms with Crippen LogP contribution in [0.3, 0.4) is 0 Å². The lowest BCUT2D eigenvalue weighted by Gasteiger charge is -2.17. The lowest BCUT2D eigenvalue weighted by atomic mass is 10.1. The van der Waals surface area contributed by atoms with Gasteiger partial charge < -0.3 is 10.1 Å². The molecule has 0 saturated heterocycles. The van der Waals surface area contributed by atoms with Crippen molar-refractivity contribution in [2.45, 2.75) is 19.6 Å². The Hall–Kier alpha value is -1.62. The standard InChI is InChI=1S/C15H14BrF2NO/c1-10(13-7-2-3-8-14(13)16)19-11-5-4-6-12(9-11)20-15(17)18/h2-10,15,19H,1H3. The molecule has 0 spiro atoms. The van der Waals surface area contributed by atoms with Crippen molar-refractivity contribution in [1.29, 1.82) is 0 Å². The fraction of sp³-hybridized carbons (Fsp3) is 0.200. The minimum absolute atomic E-state index is 0.0346. The number of rotatable bonds is 5. The van der Waals surface area contributed by atoms with E-state index in [4.69, 9.17) is 0 Å². The summed E-state index contributed by atoms with van der Waals surface area (Å²) >= 11 is 3.49. The van der Waals surface area contributed by atoms with Crippen LogP contribution in [-0.4, -0.2) is 6.61 Å². The second-order valence-corrected chi connectivity index (χ2v) is 5.15. The third-order valence-electron chi connectivity index (χ3n) is 2.81. The van der Waals surface area contributed by atoms with E-state index in [9.17, 15) is 8.78 Å². The third-order valence-corrected chi connectivity index (χ3v) is 3.54. The first kappa shape index (κ1) is 14.8. The molecule has 0 aliphatic rings. The van der Waals surface area contributed by atoms with Crippen molar-refractivity contribution < 1.29 is 13.5 Å². The highest BCUT2D eigenvalue weighted by atomic mass is 79.9. The Kier molecular flexibility index (Phi) is 4.95. The van der Waals surface area contributed by atoms with E-state index in [1.165, 1.54) is 6.07 Å². The average molecular weight is 342 g/mol. The van der Waals surface area contributed by atoms with Gasteiger partial charge in [-0.25, -0.2) is 0 Å². The van der Waals surface area contributed by atoms with Gasteiger partial charge in [-0.15, -0.1) is 0 Å². The number of benzene rings is 2. The summed E-state index contributed by atoms with van der Waals surface area (Å²) in [7, 11) is 0. The number of ether oxygens (including phenoxy) is 1. The lowest BCUT2D eigenvalue weighted by Crippen LogP contribution is -2.08. The maximum Gasteiger partial charge on any atom is 0.387 e. The van der Waals surface area contributed by atoms with Crippen molar-refractivity contribution in [2.75, 3.05) is 5.32 Å². The van der Waals surface area contributed by atoms with E-state index in [-0.39, 0.29) is 11.8 Å². The predicted molar refractivity (Wildman–Crippen MR) is 79.3 cm³/mol. The number of hydrogen-bond donors (Lipinski definition) is 1. The Bertz CT molecular complexity index is 577. The molecular formula is C15H14BrF2NO. The molecule has 0 aromatic heterocycles. The molecule has 2 aromatic rings. The quantitative estimate of drug-likeness (QED) is 0.804. The van der Waals surface area contributed by atoms with Crippen LogP contribution in [0.1, 0.15) is 18.5 Å². The zero-order valence-corrected chi connectivity index (χ0v) is 12.4. The van der Waals surface area contributed by atoms with Crippen LogP contribution in [0.15, 0.2) is 53.0 Å². The summed E-state index contributed by atoms with van der Waals surface area (Å²) in [5.41, 5.74) is 1.82. The normalized spacial score (nSPS) is 12.2. The average Bonchev–Trinajstić information content (AvgIpc) is 2.38. The summed E-state index contributed by atoms with van der Waals surface area (Å²) in [6, 6.07) is 14.4. The molecule has 5 heteroatoms. The predicted octanol–water partition coefficient (Wildman–Crippen LogP) is 5.22. The molecule has 20 heavy (non-hydrogen) atoms. The summed E-state index contributed by atoms with van der Waals surface area (Å²) in [5.74, 6) is 0.143. The summed E-state index contributed by atoms with van der Waals surface area (Å²) < 4.78 is 29.8. The Balaban J connectivity index is 2.12. The first-order valence-corrected chi connectivity index (χ1v) is 6.91. The SMILES string of the molecule is CC(Nc1cccc(OC(F)F)c1)c1ccccc1Br. The minimum Gasteiger partial charge on any atom is -0.435 e. The van der Waals surface area contributed by atoms with Crippen molar-refractivity contribution in [3.8, 4) is 5.75 Å². The van der Waals surface area contributed by atoms with Gasteiger partial charge in [0.2, 0.25) is 0 Å². The van der Waals surface area contributed by atoms with Gasteiger partial charge in [-0.1, -0.05) is 40.2 Å². The smallest absolute Gasteiger partial charge is 0.387 e. The highest BCUT2D eigenvalue weighted by molar-refractivity contribution is 9.10. The van der Waals surface area contributed by atoms with E-state index in [1.807, 2.05) is 37.3 Å². The maximum atomic E-state index is 12.2. The largest absolute Gasteiger partial charge is 0.435 e. The molecule has 0 saturated carbocycles. The fourth-order valence-corrected chi connectivity index (χ4v) is 2.54. The summed E-state index contributed by atoms with van der Waals surface area (Å²) in [5, 5.41) is 3.26. The van der Waals surface area contributed by atoms with Gasteiger partial charge in [0.05, 0.1) is 0 Å². The van der Waals surface area contributed by atoms with Crippen LogP contribution in [0.25, 0.3) is 0 Å². The van der Waals surface area contributed by atoms with Crippen LogP contribution in [0.2, 0.25) is 0 Å². The number of hydrogen-bond acceptors (Lipinski definition) is 2. The van der Waals surface area contributed by atoms with Gasteiger partial charge in [0.25, 0.3) is 0 Å². The monoisotopic (exact) mass is 341 g/mol. The Labute approximate surface area is 124 Å². The number of nitrogens with one attached hydrogen (secondary N) is 1. The van der Waals surface area contributed by atoms with E-state index < -0.39 is 6.61 Å². The molecular weight excluding hydrogens is 328 g/mol. The molecule has 1 N–H and O–H groups in total. The van der Waals surface area contributed by atoms with Gasteiger partial charge in [0.1, 0.15) is 5.75 Å². The number of anilines is 1. The van der Waals surface area contributed by atoms with Gasteiger partial charge >= 0.3 is 6.61 Å². The topological polar surface area (TPSA) is 21.3 Å². The maximum absolute atomic E-state index is 12.2. The van der Waals surface area contributed by atoms with Crippen LogP contribution in [-0.2, 0) is 0 Å². The fourth-order valence-electron chi connectivity index (χ4n) is 1.92. The van der Waals surface area contributed by atoms with Crippen LogP contribution < -0.4 is 10.1 Å². The van der Waals surface area contributed by atoms with Gasteiger partial charge in [-0.05, 0) is 30.7 Å². The molecule has 2 aromatic carbocycles. The molecule has 0 fully saturated rings. The zero-order chi connectivity index (χ0) is 14.5. The summed E-state index contributed by atoms with van der Waals surface area (Å²) in [6.07, 6.45) is 0. The molecule has 1 unspecified atom stereocenters. The van der Waals surface area contributed by atoms with E-state index >= 15 is 0 Å². The van der Waals surface area contributed by atoms with E-state index in [2.05, 4.69) is 26.0 Å². The highest BCUT2D eigenvalue weighted by Gasteiger charge is 2.10. The van der Waals surface area contributed by atoms with Crippen LogP contribution in [0, 0.1) is 0 Å². The molecule has 1 atom stereocenters. The Morgan fingerprint density at radius 3 is 2.55 bits per heavy atom. The first-order valence-electron chi connectivity index (χ1n) is 6.12. The number of halogens is 3. The zero-order valence-electron chi connectivity index (χ0n) is 10.8. The summed E-state index contributed by atoms with van der Waals surface area (Å²) in [4.78, 5) is 0.